The number of hydrogen-bond donors (Lipinski definition) is 1. The first-order chi connectivity index (χ1) is 8.83. The minimum Gasteiger partial charge on any atom is -0.389 e. The average molecular weight is 264 g/mol. The molecule has 0 spiro atoms. The molecule has 1 aromatic rings. The van der Waals surface area contributed by atoms with Gasteiger partial charge in [0.1, 0.15) is 5.82 Å². The Morgan fingerprint density at radius 3 is 2.58 bits per heavy atom. The van der Waals surface area contributed by atoms with E-state index in [0.717, 1.165) is 19.3 Å². The van der Waals surface area contributed by atoms with Crippen LogP contribution in [-0.2, 0) is 6.42 Å². The van der Waals surface area contributed by atoms with Gasteiger partial charge in [-0.1, -0.05) is 51.8 Å². The Labute approximate surface area is 115 Å². The molecule has 2 unspecified atom stereocenters. The third-order valence-corrected chi connectivity index (χ3v) is 4.50. The molecule has 0 saturated heterocycles. The van der Waals surface area contributed by atoms with E-state index >= 15 is 0 Å². The summed E-state index contributed by atoms with van der Waals surface area (Å²) in [5.74, 6) is 0.0301. The molecular weight excluding hydrogens is 239 g/mol. The average Bonchev–Trinajstić information content (AvgIpc) is 2.31. The standard InChI is InChI=1S/C17H25FO/c1-16(2,3)15-10-6-7-11-17(15,19)12-13-8-4-5-9-14(13)18/h4-5,8-9,15,19H,6-7,10-12H2,1-3H3. The van der Waals surface area contributed by atoms with Crippen molar-refractivity contribution in [3.8, 4) is 0 Å². The van der Waals surface area contributed by atoms with E-state index in [0.29, 0.717) is 12.0 Å². The fraction of sp³-hybridized carbons (Fsp3) is 0.647. The summed E-state index contributed by atoms with van der Waals surface area (Å²) < 4.78 is 13.8. The Balaban J connectivity index is 2.26. The summed E-state index contributed by atoms with van der Waals surface area (Å²) in [5, 5.41) is 11.1. The molecule has 1 N–H and O–H groups in total. The quantitative estimate of drug-likeness (QED) is 0.842. The fourth-order valence-corrected chi connectivity index (χ4v) is 3.64. The van der Waals surface area contributed by atoms with Gasteiger partial charge in [0.15, 0.2) is 0 Å². The molecule has 2 atom stereocenters. The van der Waals surface area contributed by atoms with Crippen LogP contribution >= 0.6 is 0 Å². The first kappa shape index (κ1) is 14.5. The summed E-state index contributed by atoms with van der Waals surface area (Å²) in [4.78, 5) is 0. The van der Waals surface area contributed by atoms with Gasteiger partial charge in [0.2, 0.25) is 0 Å². The van der Waals surface area contributed by atoms with Gasteiger partial charge in [-0.2, -0.15) is 0 Å². The molecule has 0 radical (unpaired) electrons. The van der Waals surface area contributed by atoms with Gasteiger partial charge < -0.3 is 5.11 Å². The molecule has 1 aliphatic carbocycles. The summed E-state index contributed by atoms with van der Waals surface area (Å²) in [6, 6.07) is 6.82. The van der Waals surface area contributed by atoms with Crippen molar-refractivity contribution in [1.29, 1.82) is 0 Å². The van der Waals surface area contributed by atoms with Crippen LogP contribution in [0.15, 0.2) is 24.3 Å². The van der Waals surface area contributed by atoms with Crippen LogP contribution in [0.2, 0.25) is 0 Å². The van der Waals surface area contributed by atoms with Crippen molar-refractivity contribution in [1.82, 2.24) is 0 Å². The number of rotatable bonds is 2. The summed E-state index contributed by atoms with van der Waals surface area (Å²) in [6.45, 7) is 6.53. The summed E-state index contributed by atoms with van der Waals surface area (Å²) in [7, 11) is 0. The minimum atomic E-state index is -0.765. The smallest absolute Gasteiger partial charge is 0.126 e. The van der Waals surface area contributed by atoms with E-state index < -0.39 is 5.60 Å². The third-order valence-electron chi connectivity index (χ3n) is 4.50. The molecule has 19 heavy (non-hydrogen) atoms. The van der Waals surface area contributed by atoms with Crippen LogP contribution in [0, 0.1) is 17.2 Å². The Bertz CT molecular complexity index is 435. The fourth-order valence-electron chi connectivity index (χ4n) is 3.64. The second-order valence-electron chi connectivity index (χ2n) is 7.04. The first-order valence-electron chi connectivity index (χ1n) is 7.29. The Morgan fingerprint density at radius 1 is 1.26 bits per heavy atom. The molecule has 1 fully saturated rings. The molecule has 0 aliphatic heterocycles. The molecule has 1 saturated carbocycles. The monoisotopic (exact) mass is 264 g/mol. The van der Waals surface area contributed by atoms with Crippen molar-refractivity contribution in [2.45, 2.75) is 58.5 Å². The molecule has 0 aromatic heterocycles. The van der Waals surface area contributed by atoms with Gasteiger partial charge in [-0.05, 0) is 35.8 Å². The van der Waals surface area contributed by atoms with Crippen molar-refractivity contribution in [3.05, 3.63) is 35.6 Å². The van der Waals surface area contributed by atoms with Crippen molar-refractivity contribution < 1.29 is 9.50 Å². The van der Waals surface area contributed by atoms with E-state index in [1.807, 2.05) is 6.07 Å². The topological polar surface area (TPSA) is 20.2 Å². The summed E-state index contributed by atoms with van der Waals surface area (Å²) >= 11 is 0. The minimum absolute atomic E-state index is 0.0560. The first-order valence-corrected chi connectivity index (χ1v) is 7.29. The van der Waals surface area contributed by atoms with Crippen molar-refractivity contribution in [2.75, 3.05) is 0 Å². The normalized spacial score (nSPS) is 28.4. The van der Waals surface area contributed by atoms with Gasteiger partial charge in [-0.15, -0.1) is 0 Å². The van der Waals surface area contributed by atoms with E-state index in [9.17, 15) is 9.50 Å². The van der Waals surface area contributed by atoms with Gasteiger partial charge >= 0.3 is 0 Å². The highest BCUT2D eigenvalue weighted by molar-refractivity contribution is 5.20. The van der Waals surface area contributed by atoms with E-state index in [4.69, 9.17) is 0 Å². The van der Waals surface area contributed by atoms with Crippen molar-refractivity contribution in [3.63, 3.8) is 0 Å². The second kappa shape index (κ2) is 5.24. The van der Waals surface area contributed by atoms with Crippen LogP contribution < -0.4 is 0 Å². The molecule has 1 nitrogen and oxygen atoms in total. The Morgan fingerprint density at radius 2 is 1.95 bits per heavy atom. The van der Waals surface area contributed by atoms with Crippen LogP contribution in [-0.4, -0.2) is 10.7 Å². The molecule has 0 bridgehead atoms. The van der Waals surface area contributed by atoms with Crippen LogP contribution in [0.25, 0.3) is 0 Å². The maximum atomic E-state index is 13.8. The van der Waals surface area contributed by atoms with Crippen molar-refractivity contribution >= 4 is 0 Å². The van der Waals surface area contributed by atoms with E-state index in [-0.39, 0.29) is 17.2 Å². The zero-order chi connectivity index (χ0) is 14.1. The lowest BCUT2D eigenvalue weighted by atomic mass is 9.62. The van der Waals surface area contributed by atoms with E-state index in [1.54, 1.807) is 12.1 Å². The second-order valence-corrected chi connectivity index (χ2v) is 7.04. The number of aliphatic hydroxyl groups is 1. The van der Waals surface area contributed by atoms with E-state index in [2.05, 4.69) is 20.8 Å². The Hall–Kier alpha value is -0.890. The Kier molecular flexibility index (Phi) is 4.00. The SMILES string of the molecule is CC(C)(C)C1CCCCC1(O)Cc1ccccc1F. The van der Waals surface area contributed by atoms with Crippen LogP contribution in [0.4, 0.5) is 4.39 Å². The van der Waals surface area contributed by atoms with Gasteiger partial charge in [-0.25, -0.2) is 4.39 Å². The van der Waals surface area contributed by atoms with Crippen LogP contribution in [0.5, 0.6) is 0 Å². The van der Waals surface area contributed by atoms with Crippen molar-refractivity contribution in [2.24, 2.45) is 11.3 Å². The molecule has 0 heterocycles. The molecule has 1 aromatic carbocycles. The summed E-state index contributed by atoms with van der Waals surface area (Å²) in [6.07, 6.45) is 4.46. The number of halogens is 1. The van der Waals surface area contributed by atoms with Gasteiger partial charge in [-0.3, -0.25) is 0 Å². The molecule has 0 amide bonds. The largest absolute Gasteiger partial charge is 0.389 e. The van der Waals surface area contributed by atoms with Gasteiger partial charge in [0, 0.05) is 6.42 Å². The van der Waals surface area contributed by atoms with Gasteiger partial charge in [0.25, 0.3) is 0 Å². The maximum absolute atomic E-state index is 13.8. The third kappa shape index (κ3) is 3.17. The molecular formula is C17H25FO. The van der Waals surface area contributed by atoms with Crippen LogP contribution in [0.3, 0.4) is 0 Å². The van der Waals surface area contributed by atoms with Crippen LogP contribution in [0.1, 0.15) is 52.0 Å². The zero-order valence-electron chi connectivity index (χ0n) is 12.2. The highest BCUT2D eigenvalue weighted by Gasteiger charge is 2.44. The molecule has 2 rings (SSSR count). The highest BCUT2D eigenvalue weighted by atomic mass is 19.1. The zero-order valence-corrected chi connectivity index (χ0v) is 12.2. The summed E-state index contributed by atoms with van der Waals surface area (Å²) in [5.41, 5.74) is -0.0693. The predicted octanol–water partition coefficient (Wildman–Crippen LogP) is 4.34. The lowest BCUT2D eigenvalue weighted by molar-refractivity contribution is -0.0893. The predicted molar refractivity (Wildman–Crippen MR) is 76.5 cm³/mol. The van der Waals surface area contributed by atoms with E-state index in [1.165, 1.54) is 12.5 Å². The maximum Gasteiger partial charge on any atom is 0.126 e. The highest BCUT2D eigenvalue weighted by Crippen LogP contribution is 2.45. The lowest BCUT2D eigenvalue weighted by Crippen LogP contribution is -2.48. The molecule has 2 heteroatoms. The number of benzene rings is 1. The molecule has 106 valence electrons. The molecule has 1 aliphatic rings. The lowest BCUT2D eigenvalue weighted by Gasteiger charge is -2.47. The number of hydrogen-bond acceptors (Lipinski definition) is 1. The van der Waals surface area contributed by atoms with Gasteiger partial charge in [0.05, 0.1) is 5.60 Å².